The number of amides is 2. The van der Waals surface area contributed by atoms with E-state index in [9.17, 15) is 14.0 Å². The van der Waals surface area contributed by atoms with Crippen LogP contribution in [-0.4, -0.2) is 32.3 Å². The summed E-state index contributed by atoms with van der Waals surface area (Å²) in [5, 5.41) is 13.0. The van der Waals surface area contributed by atoms with Gasteiger partial charge in [0, 0.05) is 6.04 Å². The molecule has 1 N–H and O–H groups in total. The summed E-state index contributed by atoms with van der Waals surface area (Å²) in [5.74, 6) is -0.683. The van der Waals surface area contributed by atoms with Crippen molar-refractivity contribution in [1.82, 2.24) is 20.1 Å². The Balaban J connectivity index is 1.47. The van der Waals surface area contributed by atoms with E-state index in [1.807, 2.05) is 4.57 Å². The fourth-order valence-corrected chi connectivity index (χ4v) is 4.05. The van der Waals surface area contributed by atoms with Crippen LogP contribution in [0, 0.1) is 5.82 Å². The number of nitrogens with zero attached hydrogens (tertiary/aromatic N) is 3. The Morgan fingerprint density at radius 2 is 2.04 bits per heavy atom. The molecular formula is C18H15FN4O2S2. The molecule has 0 spiro atoms. The van der Waals surface area contributed by atoms with Crippen molar-refractivity contribution >= 4 is 34.9 Å². The number of hydrogen-bond donors (Lipinski definition) is 1. The summed E-state index contributed by atoms with van der Waals surface area (Å²) in [6.07, 6.45) is 1.94. The minimum atomic E-state index is -0.411. The SMILES string of the molecule is O=C(CSc1nnc(-c2ccccc2F)n1C1CC1)NC(=O)c1cccs1. The number of thioether (sulfide) groups is 1. The predicted molar refractivity (Wildman–Crippen MR) is 101 cm³/mol. The Labute approximate surface area is 162 Å². The second-order valence-corrected chi connectivity index (χ2v) is 7.92. The number of benzene rings is 1. The summed E-state index contributed by atoms with van der Waals surface area (Å²) in [7, 11) is 0. The van der Waals surface area contributed by atoms with Gasteiger partial charge in [-0.15, -0.1) is 21.5 Å². The number of aromatic nitrogens is 3. The molecule has 27 heavy (non-hydrogen) atoms. The van der Waals surface area contributed by atoms with E-state index >= 15 is 0 Å². The van der Waals surface area contributed by atoms with Gasteiger partial charge in [0.05, 0.1) is 16.2 Å². The maximum atomic E-state index is 14.2. The van der Waals surface area contributed by atoms with Gasteiger partial charge in [0.15, 0.2) is 11.0 Å². The van der Waals surface area contributed by atoms with Crippen LogP contribution in [0.4, 0.5) is 4.39 Å². The first-order chi connectivity index (χ1) is 13.1. The van der Waals surface area contributed by atoms with Gasteiger partial charge in [0.2, 0.25) is 5.91 Å². The molecule has 6 nitrogen and oxygen atoms in total. The first-order valence-corrected chi connectivity index (χ1v) is 10.2. The van der Waals surface area contributed by atoms with Crippen LogP contribution in [0.15, 0.2) is 46.9 Å². The minimum absolute atomic E-state index is 0.0270. The van der Waals surface area contributed by atoms with Crippen LogP contribution in [0.2, 0.25) is 0 Å². The Hall–Kier alpha value is -2.52. The van der Waals surface area contributed by atoms with Crippen molar-refractivity contribution in [3.8, 4) is 11.4 Å². The van der Waals surface area contributed by atoms with E-state index in [4.69, 9.17) is 0 Å². The number of hydrogen-bond acceptors (Lipinski definition) is 6. The molecule has 2 aromatic heterocycles. The molecule has 1 saturated carbocycles. The van der Waals surface area contributed by atoms with Gasteiger partial charge in [-0.05, 0) is 36.4 Å². The lowest BCUT2D eigenvalue weighted by atomic mass is 10.2. The van der Waals surface area contributed by atoms with Crippen molar-refractivity contribution in [2.24, 2.45) is 0 Å². The summed E-state index contributed by atoms with van der Waals surface area (Å²) in [6, 6.07) is 10.1. The summed E-state index contributed by atoms with van der Waals surface area (Å²) in [5.41, 5.74) is 0.390. The van der Waals surface area contributed by atoms with Crippen LogP contribution in [0.25, 0.3) is 11.4 Å². The third-order valence-corrected chi connectivity index (χ3v) is 5.83. The number of carbonyl (C=O) groups excluding carboxylic acids is 2. The molecular weight excluding hydrogens is 387 g/mol. The zero-order valence-electron chi connectivity index (χ0n) is 14.1. The Morgan fingerprint density at radius 1 is 1.22 bits per heavy atom. The van der Waals surface area contributed by atoms with Crippen molar-refractivity contribution in [3.63, 3.8) is 0 Å². The van der Waals surface area contributed by atoms with E-state index in [-0.39, 0.29) is 17.6 Å². The van der Waals surface area contributed by atoms with Crippen LogP contribution < -0.4 is 5.32 Å². The van der Waals surface area contributed by atoms with Gasteiger partial charge >= 0.3 is 0 Å². The Kier molecular flexibility index (Phi) is 5.04. The van der Waals surface area contributed by atoms with Gasteiger partial charge in [0.1, 0.15) is 5.82 Å². The number of halogens is 1. The van der Waals surface area contributed by atoms with Crippen LogP contribution in [0.3, 0.4) is 0 Å². The van der Waals surface area contributed by atoms with Crippen molar-refractivity contribution in [2.75, 3.05) is 5.75 Å². The van der Waals surface area contributed by atoms with Crippen molar-refractivity contribution in [2.45, 2.75) is 24.0 Å². The average molecular weight is 402 g/mol. The summed E-state index contributed by atoms with van der Waals surface area (Å²) in [6.45, 7) is 0. The third-order valence-electron chi connectivity index (χ3n) is 4.02. The van der Waals surface area contributed by atoms with Crippen LogP contribution in [-0.2, 0) is 4.79 Å². The third kappa shape index (κ3) is 3.93. The molecule has 0 unspecified atom stereocenters. The van der Waals surface area contributed by atoms with Crippen molar-refractivity contribution in [1.29, 1.82) is 0 Å². The van der Waals surface area contributed by atoms with Crippen molar-refractivity contribution < 1.29 is 14.0 Å². The number of carbonyl (C=O) groups is 2. The van der Waals surface area contributed by atoms with Crippen LogP contribution >= 0.6 is 23.1 Å². The van der Waals surface area contributed by atoms with Gasteiger partial charge < -0.3 is 0 Å². The molecule has 1 aliphatic rings. The van der Waals surface area contributed by atoms with E-state index in [1.54, 1.807) is 35.7 Å². The summed E-state index contributed by atoms with van der Waals surface area (Å²) >= 11 is 2.46. The highest BCUT2D eigenvalue weighted by Gasteiger charge is 2.31. The molecule has 138 valence electrons. The highest BCUT2D eigenvalue weighted by Crippen LogP contribution is 2.41. The first-order valence-electron chi connectivity index (χ1n) is 8.34. The molecule has 2 heterocycles. The Bertz CT molecular complexity index is 983. The topological polar surface area (TPSA) is 76.9 Å². The number of imide groups is 1. The van der Waals surface area contributed by atoms with Gasteiger partial charge in [-0.2, -0.15) is 0 Å². The zero-order chi connectivity index (χ0) is 18.8. The second kappa shape index (κ2) is 7.61. The quantitative estimate of drug-likeness (QED) is 0.639. The van der Waals surface area contributed by atoms with E-state index in [0.29, 0.717) is 21.4 Å². The molecule has 3 aromatic rings. The van der Waals surface area contributed by atoms with E-state index in [0.717, 1.165) is 12.8 Å². The molecule has 1 aliphatic carbocycles. The molecule has 9 heteroatoms. The maximum Gasteiger partial charge on any atom is 0.267 e. The molecule has 2 amide bonds. The standard InChI is InChI=1S/C18H15FN4O2S2/c19-13-5-2-1-4-12(13)16-21-22-18(23(16)11-7-8-11)27-10-15(24)20-17(25)14-6-3-9-26-14/h1-6,9,11H,7-8,10H2,(H,20,24,25). The highest BCUT2D eigenvalue weighted by atomic mass is 32.2. The fraction of sp³-hybridized carbons (Fsp3) is 0.222. The number of nitrogens with one attached hydrogen (secondary N) is 1. The number of rotatable bonds is 6. The normalized spacial score (nSPS) is 13.5. The molecule has 4 rings (SSSR count). The monoisotopic (exact) mass is 402 g/mol. The van der Waals surface area contributed by atoms with Gasteiger partial charge in [-0.25, -0.2) is 4.39 Å². The smallest absolute Gasteiger partial charge is 0.267 e. The summed E-state index contributed by atoms with van der Waals surface area (Å²) < 4.78 is 16.0. The largest absolute Gasteiger partial charge is 0.299 e. The lowest BCUT2D eigenvalue weighted by Crippen LogP contribution is -2.31. The van der Waals surface area contributed by atoms with Crippen LogP contribution in [0.5, 0.6) is 0 Å². The lowest BCUT2D eigenvalue weighted by Gasteiger charge is -2.09. The molecule has 1 aromatic carbocycles. The van der Waals surface area contributed by atoms with E-state index in [1.165, 1.54) is 29.2 Å². The van der Waals surface area contributed by atoms with Gasteiger partial charge in [0.25, 0.3) is 5.91 Å². The highest BCUT2D eigenvalue weighted by molar-refractivity contribution is 7.99. The molecule has 0 aliphatic heterocycles. The molecule has 0 bridgehead atoms. The summed E-state index contributed by atoms with van der Waals surface area (Å²) in [4.78, 5) is 24.5. The van der Waals surface area contributed by atoms with E-state index in [2.05, 4.69) is 15.5 Å². The van der Waals surface area contributed by atoms with Gasteiger partial charge in [-0.1, -0.05) is 30.0 Å². The average Bonchev–Trinajstić information content (AvgIpc) is 3.18. The maximum absolute atomic E-state index is 14.2. The molecule has 0 atom stereocenters. The second-order valence-electron chi connectivity index (χ2n) is 6.03. The predicted octanol–water partition coefficient (Wildman–Crippen LogP) is 3.53. The van der Waals surface area contributed by atoms with Crippen LogP contribution in [0.1, 0.15) is 28.6 Å². The van der Waals surface area contributed by atoms with E-state index < -0.39 is 11.8 Å². The number of thiophene rings is 1. The molecule has 0 saturated heterocycles. The van der Waals surface area contributed by atoms with Crippen molar-refractivity contribution in [3.05, 3.63) is 52.5 Å². The fourth-order valence-electron chi connectivity index (χ4n) is 2.63. The first kappa shape index (κ1) is 17.9. The zero-order valence-corrected chi connectivity index (χ0v) is 15.7. The lowest BCUT2D eigenvalue weighted by molar-refractivity contribution is -0.117. The van der Waals surface area contributed by atoms with Gasteiger partial charge in [-0.3, -0.25) is 19.5 Å². The minimum Gasteiger partial charge on any atom is -0.299 e. The molecule has 1 fully saturated rings. The molecule has 0 radical (unpaired) electrons. The Morgan fingerprint density at radius 3 is 2.74 bits per heavy atom.